The third kappa shape index (κ3) is 6.21. The minimum Gasteiger partial charge on any atom is -0.415 e. The summed E-state index contributed by atoms with van der Waals surface area (Å²) >= 11 is 0. The number of rotatable bonds is 9. The van der Waals surface area contributed by atoms with Gasteiger partial charge in [-0.2, -0.15) is 8.78 Å². The molecule has 0 unspecified atom stereocenters. The Morgan fingerprint density at radius 2 is 1.77 bits per heavy atom. The summed E-state index contributed by atoms with van der Waals surface area (Å²) in [5.41, 5.74) is 1.74. The van der Waals surface area contributed by atoms with Gasteiger partial charge < -0.3 is 14.2 Å². The Bertz CT molecular complexity index is 1250. The van der Waals surface area contributed by atoms with Crippen LogP contribution in [-0.2, 0) is 16.6 Å². The van der Waals surface area contributed by atoms with E-state index >= 15 is 0 Å². The first-order valence-electron chi connectivity index (χ1n) is 11.2. The molecule has 0 N–H and O–H groups in total. The van der Waals surface area contributed by atoms with Crippen LogP contribution in [0.3, 0.4) is 0 Å². The van der Waals surface area contributed by atoms with E-state index < -0.39 is 22.3 Å². The zero-order valence-electron chi connectivity index (χ0n) is 18.9. The number of likely N-dealkylation sites (tertiary alicyclic amines) is 1. The van der Waals surface area contributed by atoms with Crippen molar-refractivity contribution in [2.75, 3.05) is 29.7 Å². The summed E-state index contributed by atoms with van der Waals surface area (Å²) in [5.74, 6) is -0.814. The van der Waals surface area contributed by atoms with Gasteiger partial charge in [0.05, 0.1) is 18.0 Å². The molecule has 2 heterocycles. The quantitative estimate of drug-likeness (QED) is 0.405. The highest BCUT2D eigenvalue weighted by Crippen LogP contribution is 2.26. The molecule has 11 heteroatoms. The fourth-order valence-corrected chi connectivity index (χ4v) is 5.43. The monoisotopic (exact) mass is 501 g/mol. The van der Waals surface area contributed by atoms with E-state index in [-0.39, 0.29) is 24.2 Å². The fourth-order valence-electron chi connectivity index (χ4n) is 3.93. The van der Waals surface area contributed by atoms with Gasteiger partial charge in [0.2, 0.25) is 22.0 Å². The van der Waals surface area contributed by atoms with Crippen LogP contribution < -0.4 is 4.31 Å². The standard InChI is InChI=1S/C24H25F2N5O3S/c1-27-20-11-13-30(14-12-20)15-16-35(32,33)31(21-5-3-2-4-6-21)17-18-7-9-19(10-8-18)23-28-29-24(34-23)22(25)26/h2-10,20,22H,11-17H2. The van der Waals surface area contributed by atoms with Gasteiger partial charge in [-0.3, -0.25) is 4.31 Å². The maximum Gasteiger partial charge on any atom is 0.314 e. The molecule has 1 aromatic heterocycles. The Hall–Kier alpha value is -3.36. The smallest absolute Gasteiger partial charge is 0.314 e. The van der Waals surface area contributed by atoms with Crippen LogP contribution in [0.2, 0.25) is 0 Å². The van der Waals surface area contributed by atoms with Crippen molar-refractivity contribution >= 4 is 15.7 Å². The van der Waals surface area contributed by atoms with Crippen molar-refractivity contribution in [3.63, 3.8) is 0 Å². The highest BCUT2D eigenvalue weighted by atomic mass is 32.2. The molecule has 1 fully saturated rings. The third-order valence-electron chi connectivity index (χ3n) is 5.94. The highest BCUT2D eigenvalue weighted by Gasteiger charge is 2.27. The van der Waals surface area contributed by atoms with Crippen molar-refractivity contribution in [2.24, 2.45) is 0 Å². The van der Waals surface area contributed by atoms with E-state index in [0.717, 1.165) is 25.9 Å². The molecule has 0 bridgehead atoms. The predicted octanol–water partition coefficient (Wildman–Crippen LogP) is 4.39. The van der Waals surface area contributed by atoms with Crippen molar-refractivity contribution in [2.45, 2.75) is 31.9 Å². The fraction of sp³-hybridized carbons (Fsp3) is 0.375. The van der Waals surface area contributed by atoms with E-state index in [9.17, 15) is 17.2 Å². The lowest BCUT2D eigenvalue weighted by Crippen LogP contribution is -2.41. The summed E-state index contributed by atoms with van der Waals surface area (Å²) in [4.78, 5) is 5.68. The lowest BCUT2D eigenvalue weighted by Gasteiger charge is -2.29. The van der Waals surface area contributed by atoms with Gasteiger partial charge in [-0.1, -0.05) is 30.3 Å². The zero-order chi connectivity index (χ0) is 24.8. The van der Waals surface area contributed by atoms with Gasteiger partial charge in [0.25, 0.3) is 5.89 Å². The maximum atomic E-state index is 13.4. The van der Waals surface area contributed by atoms with E-state index in [1.807, 2.05) is 6.07 Å². The Morgan fingerprint density at radius 3 is 2.37 bits per heavy atom. The number of benzene rings is 2. The van der Waals surface area contributed by atoms with Crippen LogP contribution in [0.1, 0.15) is 30.7 Å². The van der Waals surface area contributed by atoms with Gasteiger partial charge in [-0.25, -0.2) is 15.0 Å². The molecule has 0 saturated carbocycles. The number of anilines is 1. The minimum atomic E-state index is -3.65. The molecule has 35 heavy (non-hydrogen) atoms. The first-order chi connectivity index (χ1) is 16.9. The molecule has 4 rings (SSSR count). The van der Waals surface area contributed by atoms with E-state index in [4.69, 9.17) is 11.0 Å². The molecule has 0 aliphatic carbocycles. The van der Waals surface area contributed by atoms with Gasteiger partial charge >= 0.3 is 6.43 Å². The Kier molecular flexibility index (Phi) is 7.73. The summed E-state index contributed by atoms with van der Waals surface area (Å²) in [6, 6.07) is 15.6. The zero-order valence-corrected chi connectivity index (χ0v) is 19.7. The molecule has 1 saturated heterocycles. The Balaban J connectivity index is 1.48. The molecule has 1 aliphatic rings. The van der Waals surface area contributed by atoms with Gasteiger partial charge in [0.1, 0.15) is 0 Å². The van der Waals surface area contributed by atoms with Crippen LogP contribution in [0.4, 0.5) is 14.5 Å². The molecule has 2 aromatic carbocycles. The van der Waals surface area contributed by atoms with Crippen LogP contribution in [0.15, 0.2) is 59.0 Å². The van der Waals surface area contributed by atoms with Crippen LogP contribution in [0.25, 0.3) is 16.3 Å². The number of piperidine rings is 1. The van der Waals surface area contributed by atoms with Crippen LogP contribution >= 0.6 is 0 Å². The van der Waals surface area contributed by atoms with Crippen molar-refractivity contribution in [3.05, 3.63) is 77.5 Å². The number of aromatic nitrogens is 2. The third-order valence-corrected chi connectivity index (χ3v) is 7.65. The van der Waals surface area contributed by atoms with Crippen LogP contribution in [0, 0.1) is 6.57 Å². The number of halogens is 2. The predicted molar refractivity (Wildman–Crippen MR) is 127 cm³/mol. The molecule has 8 nitrogen and oxygen atoms in total. The second kappa shape index (κ2) is 10.9. The van der Waals surface area contributed by atoms with E-state index in [1.54, 1.807) is 48.5 Å². The number of alkyl halides is 2. The molecule has 184 valence electrons. The van der Waals surface area contributed by atoms with Crippen molar-refractivity contribution < 1.29 is 21.6 Å². The maximum absolute atomic E-state index is 13.4. The lowest BCUT2D eigenvalue weighted by molar-refractivity contribution is 0.116. The Morgan fingerprint density at radius 1 is 1.09 bits per heavy atom. The van der Waals surface area contributed by atoms with Crippen LogP contribution in [-0.4, -0.2) is 54.9 Å². The average Bonchev–Trinajstić information content (AvgIpc) is 3.38. The first kappa shape index (κ1) is 24.8. The second-order valence-corrected chi connectivity index (χ2v) is 10.3. The molecule has 3 aromatic rings. The van der Waals surface area contributed by atoms with E-state index in [2.05, 4.69) is 19.9 Å². The topological polar surface area (TPSA) is 83.9 Å². The first-order valence-corrected chi connectivity index (χ1v) is 12.8. The SMILES string of the molecule is [C-]#[N+]C1CCN(CCS(=O)(=O)N(Cc2ccc(-c3nnc(C(F)F)o3)cc2)c2ccccc2)CC1. The largest absolute Gasteiger partial charge is 0.415 e. The van der Waals surface area contributed by atoms with Gasteiger partial charge in [0.15, 0.2) is 0 Å². The lowest BCUT2D eigenvalue weighted by atomic mass is 10.1. The van der Waals surface area contributed by atoms with E-state index in [0.29, 0.717) is 23.4 Å². The molecule has 1 aliphatic heterocycles. The van der Waals surface area contributed by atoms with Crippen molar-refractivity contribution in [1.82, 2.24) is 15.1 Å². The van der Waals surface area contributed by atoms with E-state index in [1.165, 1.54) is 4.31 Å². The summed E-state index contributed by atoms with van der Waals surface area (Å²) in [6.45, 7) is 9.12. The Labute approximate surface area is 203 Å². The summed E-state index contributed by atoms with van der Waals surface area (Å²) < 4.78 is 58.6. The highest BCUT2D eigenvalue weighted by molar-refractivity contribution is 7.92. The molecule has 0 atom stereocenters. The number of hydrogen-bond donors (Lipinski definition) is 0. The van der Waals surface area contributed by atoms with Crippen molar-refractivity contribution in [3.8, 4) is 11.5 Å². The molecule has 0 spiro atoms. The molecular weight excluding hydrogens is 476 g/mol. The number of sulfonamides is 1. The van der Waals surface area contributed by atoms with Gasteiger partial charge in [0, 0.05) is 38.0 Å². The molecule has 0 amide bonds. The van der Waals surface area contributed by atoms with Crippen LogP contribution in [0.5, 0.6) is 0 Å². The number of hydrogen-bond acceptors (Lipinski definition) is 6. The van der Waals surface area contributed by atoms with Gasteiger partial charge in [-0.05, 0) is 29.8 Å². The average molecular weight is 502 g/mol. The van der Waals surface area contributed by atoms with Gasteiger partial charge in [-0.15, -0.1) is 10.2 Å². The second-order valence-electron chi connectivity index (χ2n) is 8.30. The summed E-state index contributed by atoms with van der Waals surface area (Å²) in [5, 5.41) is 6.97. The number of nitrogens with zero attached hydrogens (tertiary/aromatic N) is 5. The molecular formula is C24H25F2N5O3S. The van der Waals surface area contributed by atoms with Crippen molar-refractivity contribution in [1.29, 1.82) is 0 Å². The molecule has 0 radical (unpaired) electrons. The normalized spacial score (nSPS) is 15.3. The minimum absolute atomic E-state index is 0.0265. The summed E-state index contributed by atoms with van der Waals surface area (Å²) in [7, 11) is -3.65. The summed E-state index contributed by atoms with van der Waals surface area (Å²) in [6.07, 6.45) is -1.33. The number of para-hydroxylation sites is 1.